The molecule has 1 aromatic carbocycles. The number of benzene rings is 1. The van der Waals surface area contributed by atoms with Crippen molar-refractivity contribution in [3.05, 3.63) is 52.7 Å². The number of hydrogen-bond donors (Lipinski definition) is 1. The normalized spacial score (nSPS) is 18.2. The van der Waals surface area contributed by atoms with Crippen LogP contribution in [0, 0.1) is 5.92 Å². The Morgan fingerprint density at radius 1 is 1.08 bits per heavy atom. The molecule has 2 heterocycles. The van der Waals surface area contributed by atoms with Gasteiger partial charge in [-0.2, -0.15) is 0 Å². The van der Waals surface area contributed by atoms with Crippen molar-refractivity contribution in [2.24, 2.45) is 5.92 Å². The minimum absolute atomic E-state index is 0.00447. The smallest absolute Gasteiger partial charge is 0.272 e. The summed E-state index contributed by atoms with van der Waals surface area (Å²) in [4.78, 5) is 14.8. The van der Waals surface area contributed by atoms with Gasteiger partial charge in [0.15, 0.2) is 11.5 Å². The molecule has 2 fully saturated rings. The summed E-state index contributed by atoms with van der Waals surface area (Å²) in [6.07, 6.45) is 4.64. The van der Waals surface area contributed by atoms with Gasteiger partial charge < -0.3 is 10.2 Å². The van der Waals surface area contributed by atoms with Gasteiger partial charge in [0.25, 0.3) is 5.91 Å². The first kappa shape index (κ1) is 16.3. The molecule has 2 aromatic rings. The topological polar surface area (TPSA) is 58.1 Å². The number of anilines is 1. The van der Waals surface area contributed by atoms with Crippen molar-refractivity contribution < 1.29 is 4.79 Å². The van der Waals surface area contributed by atoms with Gasteiger partial charge in [-0.05, 0) is 61.4 Å². The highest BCUT2D eigenvalue weighted by molar-refractivity contribution is 6.30. The zero-order valence-corrected chi connectivity index (χ0v) is 14.7. The lowest BCUT2D eigenvalue weighted by Crippen LogP contribution is -2.31. The van der Waals surface area contributed by atoms with E-state index in [2.05, 4.69) is 20.4 Å². The van der Waals surface area contributed by atoms with Gasteiger partial charge in [0.1, 0.15) is 0 Å². The standard InChI is InChI=1S/C19H21ClN4O/c20-15-7-5-14(6-8-15)18(13-3-4-13)21-19(25)16-9-10-17(23-22-16)24-11-1-2-12-24/h5-10,13,18H,1-4,11-12H2,(H,21,25)/t18-/m0/s1. The summed E-state index contributed by atoms with van der Waals surface area (Å²) >= 11 is 5.97. The number of amides is 1. The first-order chi connectivity index (χ1) is 12.2. The Balaban J connectivity index is 1.46. The Hall–Kier alpha value is -2.14. The molecule has 1 N–H and O–H groups in total. The van der Waals surface area contributed by atoms with Crippen LogP contribution >= 0.6 is 11.6 Å². The first-order valence-corrected chi connectivity index (χ1v) is 9.23. The lowest BCUT2D eigenvalue weighted by atomic mass is 10.0. The zero-order valence-electron chi connectivity index (χ0n) is 14.0. The van der Waals surface area contributed by atoms with E-state index in [-0.39, 0.29) is 11.9 Å². The number of carbonyl (C=O) groups is 1. The fourth-order valence-electron chi connectivity index (χ4n) is 3.35. The molecular formula is C19H21ClN4O. The molecule has 6 heteroatoms. The van der Waals surface area contributed by atoms with E-state index >= 15 is 0 Å². The second-order valence-electron chi connectivity index (χ2n) is 6.81. The fraction of sp³-hybridized carbons (Fsp3) is 0.421. The molecule has 0 spiro atoms. The summed E-state index contributed by atoms with van der Waals surface area (Å²) in [5.74, 6) is 1.17. The van der Waals surface area contributed by atoms with Gasteiger partial charge >= 0.3 is 0 Å². The Bertz CT molecular complexity index is 737. The van der Waals surface area contributed by atoms with Crippen molar-refractivity contribution in [2.75, 3.05) is 18.0 Å². The van der Waals surface area contributed by atoms with Crippen molar-refractivity contribution >= 4 is 23.3 Å². The van der Waals surface area contributed by atoms with E-state index in [1.165, 1.54) is 12.8 Å². The van der Waals surface area contributed by atoms with Crippen LogP contribution in [0.2, 0.25) is 5.02 Å². The number of halogens is 1. The van der Waals surface area contributed by atoms with Crippen molar-refractivity contribution in [2.45, 2.75) is 31.7 Å². The number of nitrogens with one attached hydrogen (secondary N) is 1. The molecule has 1 aliphatic heterocycles. The molecule has 1 saturated carbocycles. The highest BCUT2D eigenvalue weighted by Gasteiger charge is 2.33. The number of nitrogens with zero attached hydrogens (tertiary/aromatic N) is 3. The number of aromatic nitrogens is 2. The average Bonchev–Trinajstić information content (AvgIpc) is 3.33. The molecule has 0 bridgehead atoms. The molecule has 25 heavy (non-hydrogen) atoms. The van der Waals surface area contributed by atoms with Gasteiger partial charge in [0.2, 0.25) is 0 Å². The Morgan fingerprint density at radius 3 is 2.40 bits per heavy atom. The molecule has 0 radical (unpaired) electrons. The predicted molar refractivity (Wildman–Crippen MR) is 97.9 cm³/mol. The molecule has 4 rings (SSSR count). The summed E-state index contributed by atoms with van der Waals surface area (Å²) in [5.41, 5.74) is 1.45. The van der Waals surface area contributed by atoms with Gasteiger partial charge in [-0.15, -0.1) is 10.2 Å². The molecule has 5 nitrogen and oxygen atoms in total. The maximum atomic E-state index is 12.6. The van der Waals surface area contributed by atoms with Crippen LogP contribution in [0.5, 0.6) is 0 Å². The van der Waals surface area contributed by atoms with Crippen LogP contribution in [0.3, 0.4) is 0 Å². The molecule has 1 saturated heterocycles. The summed E-state index contributed by atoms with van der Waals surface area (Å²) in [6.45, 7) is 2.03. The second kappa shape index (κ2) is 7.00. The summed E-state index contributed by atoms with van der Waals surface area (Å²) in [6, 6.07) is 11.3. The lowest BCUT2D eigenvalue weighted by molar-refractivity contribution is 0.0925. The summed E-state index contributed by atoms with van der Waals surface area (Å²) in [5, 5.41) is 12.2. The van der Waals surface area contributed by atoms with E-state index < -0.39 is 0 Å². The van der Waals surface area contributed by atoms with Crippen LogP contribution < -0.4 is 10.2 Å². The van der Waals surface area contributed by atoms with Gasteiger partial charge in [-0.3, -0.25) is 4.79 Å². The summed E-state index contributed by atoms with van der Waals surface area (Å²) in [7, 11) is 0. The van der Waals surface area contributed by atoms with Crippen LogP contribution in [-0.4, -0.2) is 29.2 Å². The molecule has 1 aliphatic carbocycles. The average molecular weight is 357 g/mol. The van der Waals surface area contributed by atoms with Crippen molar-refractivity contribution in [1.29, 1.82) is 0 Å². The highest BCUT2D eigenvalue weighted by atomic mass is 35.5. The van der Waals surface area contributed by atoms with Crippen LogP contribution in [0.15, 0.2) is 36.4 Å². The van der Waals surface area contributed by atoms with E-state index in [1.807, 2.05) is 30.3 Å². The molecule has 0 unspecified atom stereocenters. The lowest BCUT2D eigenvalue weighted by Gasteiger charge is -2.19. The maximum Gasteiger partial charge on any atom is 0.272 e. The minimum atomic E-state index is -0.174. The number of rotatable bonds is 5. The van der Waals surface area contributed by atoms with Gasteiger partial charge in [-0.1, -0.05) is 23.7 Å². The van der Waals surface area contributed by atoms with E-state index in [1.54, 1.807) is 6.07 Å². The van der Waals surface area contributed by atoms with Crippen LogP contribution in [0.4, 0.5) is 5.82 Å². The van der Waals surface area contributed by atoms with E-state index in [0.29, 0.717) is 16.6 Å². The van der Waals surface area contributed by atoms with Gasteiger partial charge in [0, 0.05) is 18.1 Å². The SMILES string of the molecule is O=C(N[C@H](c1ccc(Cl)cc1)C1CC1)c1ccc(N2CCCC2)nn1. The molecule has 2 aliphatic rings. The van der Waals surface area contributed by atoms with Crippen molar-refractivity contribution in [3.63, 3.8) is 0 Å². The quantitative estimate of drug-likeness (QED) is 0.889. The first-order valence-electron chi connectivity index (χ1n) is 8.86. The third-order valence-corrected chi connectivity index (χ3v) is 5.17. The van der Waals surface area contributed by atoms with E-state index in [4.69, 9.17) is 11.6 Å². The van der Waals surface area contributed by atoms with Crippen LogP contribution in [-0.2, 0) is 0 Å². The Labute approximate surface area is 152 Å². The fourth-order valence-corrected chi connectivity index (χ4v) is 3.48. The van der Waals surface area contributed by atoms with Crippen LogP contribution in [0.25, 0.3) is 0 Å². The predicted octanol–water partition coefficient (Wildman–Crippen LogP) is 3.61. The monoisotopic (exact) mass is 356 g/mol. The van der Waals surface area contributed by atoms with Crippen molar-refractivity contribution in [3.8, 4) is 0 Å². The van der Waals surface area contributed by atoms with E-state index in [9.17, 15) is 4.79 Å². The molecule has 130 valence electrons. The molecule has 1 amide bonds. The molecule has 1 aromatic heterocycles. The second-order valence-corrected chi connectivity index (χ2v) is 7.25. The van der Waals surface area contributed by atoms with E-state index in [0.717, 1.165) is 37.3 Å². The molecule has 1 atom stereocenters. The Morgan fingerprint density at radius 2 is 1.80 bits per heavy atom. The third-order valence-electron chi connectivity index (χ3n) is 4.92. The maximum absolute atomic E-state index is 12.6. The largest absolute Gasteiger partial charge is 0.355 e. The summed E-state index contributed by atoms with van der Waals surface area (Å²) < 4.78 is 0. The molecular weight excluding hydrogens is 336 g/mol. The highest BCUT2D eigenvalue weighted by Crippen LogP contribution is 2.41. The Kier molecular flexibility index (Phi) is 4.57. The third kappa shape index (κ3) is 3.76. The number of hydrogen-bond acceptors (Lipinski definition) is 4. The zero-order chi connectivity index (χ0) is 17.2. The minimum Gasteiger partial charge on any atom is -0.355 e. The number of carbonyl (C=O) groups excluding carboxylic acids is 1. The van der Waals surface area contributed by atoms with Gasteiger partial charge in [0.05, 0.1) is 6.04 Å². The van der Waals surface area contributed by atoms with Gasteiger partial charge in [-0.25, -0.2) is 0 Å². The van der Waals surface area contributed by atoms with Crippen molar-refractivity contribution in [1.82, 2.24) is 15.5 Å². The van der Waals surface area contributed by atoms with Crippen LogP contribution in [0.1, 0.15) is 47.8 Å².